The number of nitrogens with one attached hydrogen (secondary N) is 1. The van der Waals surface area contributed by atoms with Crippen molar-refractivity contribution in [2.75, 3.05) is 39.5 Å². The molecule has 0 saturated heterocycles. The van der Waals surface area contributed by atoms with Crippen LogP contribution in [0.5, 0.6) is 0 Å². The molecule has 4 aromatic rings. The van der Waals surface area contributed by atoms with Crippen molar-refractivity contribution >= 4 is 45.9 Å². The first kappa shape index (κ1) is 28.9. The van der Waals surface area contributed by atoms with E-state index in [0.717, 1.165) is 13.0 Å². The van der Waals surface area contributed by atoms with Gasteiger partial charge in [-0.3, -0.25) is 14.4 Å². The van der Waals surface area contributed by atoms with Gasteiger partial charge in [0.25, 0.3) is 5.91 Å². The standard InChI is InChI=1S/C28H33ClN8O3/c1-6-7-24(38)21-15-30-37(18(21)2)26-11-10-25(32-33-26)31-28(40)22-16-36(23-9-8-19(29)14-20(22)23)17-27(39)35(5)13-12-34(3)4/h8-11,14-16H,6-7,12-13,17H2,1-5H3,(H,31,32,40). The Labute approximate surface area is 237 Å². The molecular formula is C28H33ClN8O3. The maximum atomic E-state index is 13.3. The van der Waals surface area contributed by atoms with E-state index >= 15 is 0 Å². The number of hydrogen-bond donors (Lipinski definition) is 1. The lowest BCUT2D eigenvalue weighted by Gasteiger charge is -2.20. The number of benzene rings is 1. The average Bonchev–Trinajstić information content (AvgIpc) is 3.47. The molecule has 40 heavy (non-hydrogen) atoms. The van der Waals surface area contributed by atoms with Crippen LogP contribution in [-0.2, 0) is 11.3 Å². The van der Waals surface area contributed by atoms with Crippen molar-refractivity contribution in [3.63, 3.8) is 0 Å². The maximum Gasteiger partial charge on any atom is 0.259 e. The molecule has 0 aliphatic rings. The van der Waals surface area contributed by atoms with Gasteiger partial charge in [-0.15, -0.1) is 10.2 Å². The predicted octanol–water partition coefficient (Wildman–Crippen LogP) is 3.83. The third-order valence-corrected chi connectivity index (χ3v) is 6.83. The van der Waals surface area contributed by atoms with Crippen molar-refractivity contribution in [2.45, 2.75) is 33.2 Å². The lowest BCUT2D eigenvalue weighted by Crippen LogP contribution is -2.35. The van der Waals surface area contributed by atoms with Crippen LogP contribution in [0.15, 0.2) is 42.7 Å². The van der Waals surface area contributed by atoms with E-state index in [1.807, 2.05) is 25.9 Å². The van der Waals surface area contributed by atoms with Crippen LogP contribution in [0, 0.1) is 6.92 Å². The van der Waals surface area contributed by atoms with E-state index in [-0.39, 0.29) is 24.1 Å². The summed E-state index contributed by atoms with van der Waals surface area (Å²) < 4.78 is 3.30. The van der Waals surface area contributed by atoms with Crippen molar-refractivity contribution in [1.82, 2.24) is 34.3 Å². The number of Topliss-reactive ketones (excluding diaryl/α,β-unsaturated/α-hetero) is 1. The van der Waals surface area contributed by atoms with Gasteiger partial charge < -0.3 is 19.7 Å². The number of amides is 2. The van der Waals surface area contributed by atoms with Gasteiger partial charge in [0.15, 0.2) is 17.4 Å². The summed E-state index contributed by atoms with van der Waals surface area (Å²) in [5.74, 6) is 0.207. The summed E-state index contributed by atoms with van der Waals surface area (Å²) in [6, 6.07) is 8.51. The minimum Gasteiger partial charge on any atom is -0.343 e. The number of fused-ring (bicyclic) bond motifs is 1. The molecule has 0 unspecified atom stereocenters. The van der Waals surface area contributed by atoms with Gasteiger partial charge in [-0.1, -0.05) is 18.5 Å². The quantitative estimate of drug-likeness (QED) is 0.275. The molecule has 1 N–H and O–H groups in total. The van der Waals surface area contributed by atoms with Gasteiger partial charge in [0.1, 0.15) is 6.54 Å². The highest BCUT2D eigenvalue weighted by atomic mass is 35.5. The number of aromatic nitrogens is 5. The topological polar surface area (TPSA) is 118 Å². The molecule has 0 atom stereocenters. The lowest BCUT2D eigenvalue weighted by atomic mass is 10.1. The van der Waals surface area contributed by atoms with Crippen molar-refractivity contribution in [3.8, 4) is 5.82 Å². The first-order valence-corrected chi connectivity index (χ1v) is 13.4. The molecule has 0 aliphatic heterocycles. The van der Waals surface area contributed by atoms with E-state index in [0.29, 0.717) is 51.5 Å². The normalized spacial score (nSPS) is 11.3. The zero-order valence-corrected chi connectivity index (χ0v) is 24.1. The Bertz CT molecular complexity index is 1540. The molecule has 0 radical (unpaired) electrons. The Morgan fingerprint density at radius 1 is 1.02 bits per heavy atom. The molecule has 0 fully saturated rings. The summed E-state index contributed by atoms with van der Waals surface area (Å²) in [7, 11) is 5.67. The summed E-state index contributed by atoms with van der Waals surface area (Å²) in [6.07, 6.45) is 4.40. The second kappa shape index (κ2) is 12.4. The molecule has 1 aromatic carbocycles. The number of carbonyl (C=O) groups is 3. The molecule has 4 rings (SSSR count). The van der Waals surface area contributed by atoms with Gasteiger partial charge in [-0.05, 0) is 57.8 Å². The number of halogens is 1. The van der Waals surface area contributed by atoms with Crippen LogP contribution in [0.4, 0.5) is 5.82 Å². The van der Waals surface area contributed by atoms with Crippen LogP contribution < -0.4 is 5.32 Å². The third-order valence-electron chi connectivity index (χ3n) is 6.60. The van der Waals surface area contributed by atoms with Crippen LogP contribution in [0.2, 0.25) is 5.02 Å². The fourth-order valence-corrected chi connectivity index (χ4v) is 4.46. The van der Waals surface area contributed by atoms with Gasteiger partial charge in [-0.25, -0.2) is 4.68 Å². The number of ketones is 1. The fourth-order valence-electron chi connectivity index (χ4n) is 4.29. The van der Waals surface area contributed by atoms with Crippen LogP contribution in [0.3, 0.4) is 0 Å². The van der Waals surface area contributed by atoms with Gasteiger partial charge in [0.05, 0.1) is 23.0 Å². The summed E-state index contributed by atoms with van der Waals surface area (Å²) in [6.45, 7) is 5.17. The summed E-state index contributed by atoms with van der Waals surface area (Å²) in [5, 5.41) is 16.5. The van der Waals surface area contributed by atoms with E-state index in [9.17, 15) is 14.4 Å². The fraction of sp³-hybridized carbons (Fsp3) is 0.357. The highest BCUT2D eigenvalue weighted by Gasteiger charge is 2.20. The Morgan fingerprint density at radius 3 is 2.48 bits per heavy atom. The Balaban J connectivity index is 1.53. The van der Waals surface area contributed by atoms with E-state index in [2.05, 4.69) is 20.6 Å². The molecule has 2 amide bonds. The van der Waals surface area contributed by atoms with Crippen LogP contribution >= 0.6 is 11.6 Å². The van der Waals surface area contributed by atoms with E-state index in [4.69, 9.17) is 11.6 Å². The molecule has 12 heteroatoms. The van der Waals surface area contributed by atoms with E-state index in [1.165, 1.54) is 6.20 Å². The first-order chi connectivity index (χ1) is 19.1. The van der Waals surface area contributed by atoms with E-state index < -0.39 is 5.91 Å². The second-order valence-electron chi connectivity index (χ2n) is 9.91. The lowest BCUT2D eigenvalue weighted by molar-refractivity contribution is -0.130. The second-order valence-corrected chi connectivity index (χ2v) is 10.3. The summed E-state index contributed by atoms with van der Waals surface area (Å²) >= 11 is 6.25. The molecule has 3 heterocycles. The van der Waals surface area contributed by atoms with Crippen LogP contribution in [0.1, 0.15) is 46.2 Å². The zero-order chi connectivity index (χ0) is 29.0. The number of nitrogens with zero attached hydrogens (tertiary/aromatic N) is 7. The zero-order valence-electron chi connectivity index (χ0n) is 23.3. The average molecular weight is 565 g/mol. The van der Waals surface area contributed by atoms with Crippen molar-refractivity contribution in [1.29, 1.82) is 0 Å². The van der Waals surface area contributed by atoms with E-state index in [1.54, 1.807) is 64.6 Å². The molecule has 0 bridgehead atoms. The molecule has 3 aromatic heterocycles. The molecule has 0 aliphatic carbocycles. The maximum absolute atomic E-state index is 13.3. The van der Waals surface area contributed by atoms with Crippen molar-refractivity contribution in [3.05, 3.63) is 64.6 Å². The molecule has 210 valence electrons. The van der Waals surface area contributed by atoms with Crippen LogP contribution in [0.25, 0.3) is 16.7 Å². The molecule has 0 saturated carbocycles. The summed E-state index contributed by atoms with van der Waals surface area (Å²) in [4.78, 5) is 42.2. The number of anilines is 1. The first-order valence-electron chi connectivity index (χ1n) is 13.0. The number of rotatable bonds is 11. The monoisotopic (exact) mass is 564 g/mol. The largest absolute Gasteiger partial charge is 0.343 e. The Hall–Kier alpha value is -4.09. The number of likely N-dealkylation sites (N-methyl/N-ethyl adjacent to an activating group) is 2. The summed E-state index contributed by atoms with van der Waals surface area (Å²) in [5.41, 5.74) is 2.30. The third kappa shape index (κ3) is 6.37. The smallest absolute Gasteiger partial charge is 0.259 e. The molecule has 0 spiro atoms. The molecule has 11 nitrogen and oxygen atoms in total. The van der Waals surface area contributed by atoms with Crippen molar-refractivity contribution in [2.24, 2.45) is 0 Å². The highest BCUT2D eigenvalue weighted by molar-refractivity contribution is 6.31. The van der Waals surface area contributed by atoms with Gasteiger partial charge in [0, 0.05) is 48.7 Å². The SMILES string of the molecule is CCCC(=O)c1cnn(-c2ccc(NC(=O)c3cn(CC(=O)N(C)CCN(C)C)c4ccc(Cl)cc34)nn2)c1C. The highest BCUT2D eigenvalue weighted by Crippen LogP contribution is 2.26. The minimum absolute atomic E-state index is 0.0317. The minimum atomic E-state index is -0.413. The molecular weight excluding hydrogens is 532 g/mol. The van der Waals surface area contributed by atoms with Crippen molar-refractivity contribution < 1.29 is 14.4 Å². The van der Waals surface area contributed by atoms with Gasteiger partial charge in [-0.2, -0.15) is 5.10 Å². The Kier molecular flexibility index (Phi) is 8.96. The Morgan fingerprint density at radius 2 is 1.80 bits per heavy atom. The number of hydrogen-bond acceptors (Lipinski definition) is 7. The predicted molar refractivity (Wildman–Crippen MR) is 154 cm³/mol. The number of carbonyl (C=O) groups excluding carboxylic acids is 3. The van der Waals surface area contributed by atoms with Gasteiger partial charge in [0.2, 0.25) is 5.91 Å². The van der Waals surface area contributed by atoms with Crippen LogP contribution in [-0.4, -0.2) is 86.2 Å². The van der Waals surface area contributed by atoms with Gasteiger partial charge >= 0.3 is 0 Å².